The molecule has 0 aliphatic carbocycles. The van der Waals surface area contributed by atoms with E-state index in [1.807, 2.05) is 62.7 Å². The highest BCUT2D eigenvalue weighted by atomic mass is 35.5. The largest absolute Gasteiger partial charge is 0.485 e. The molecule has 29 heavy (non-hydrogen) atoms. The van der Waals surface area contributed by atoms with E-state index in [0.29, 0.717) is 16.0 Å². The lowest BCUT2D eigenvalue weighted by Crippen LogP contribution is -2.14. The number of nitrogens with one attached hydrogen (secondary N) is 1. The summed E-state index contributed by atoms with van der Waals surface area (Å²) in [5, 5.41) is 12.6. The number of benzene rings is 2. The van der Waals surface area contributed by atoms with Crippen molar-refractivity contribution in [2.24, 2.45) is 7.05 Å². The second kappa shape index (κ2) is 9.33. The quantitative estimate of drug-likeness (QED) is 0.550. The second-order valence-corrected chi connectivity index (χ2v) is 8.17. The van der Waals surface area contributed by atoms with Crippen LogP contribution in [0.2, 0.25) is 5.02 Å². The molecule has 0 spiro atoms. The van der Waals surface area contributed by atoms with Gasteiger partial charge in [-0.2, -0.15) is 0 Å². The smallest absolute Gasteiger partial charge is 0.234 e. The fourth-order valence-electron chi connectivity index (χ4n) is 2.66. The van der Waals surface area contributed by atoms with Crippen molar-refractivity contribution in [3.05, 3.63) is 63.9 Å². The van der Waals surface area contributed by atoms with E-state index in [-0.39, 0.29) is 18.3 Å². The van der Waals surface area contributed by atoms with Crippen molar-refractivity contribution >= 4 is 35.0 Å². The van der Waals surface area contributed by atoms with Crippen LogP contribution in [0.4, 0.5) is 5.69 Å². The van der Waals surface area contributed by atoms with Crippen LogP contribution >= 0.6 is 23.4 Å². The summed E-state index contributed by atoms with van der Waals surface area (Å²) in [6, 6.07) is 11.3. The van der Waals surface area contributed by atoms with Crippen molar-refractivity contribution in [2.75, 3.05) is 11.1 Å². The number of anilines is 1. The zero-order valence-electron chi connectivity index (χ0n) is 16.8. The van der Waals surface area contributed by atoms with Gasteiger partial charge < -0.3 is 14.6 Å². The highest BCUT2D eigenvalue weighted by Gasteiger charge is 2.13. The van der Waals surface area contributed by atoms with Crippen LogP contribution in [-0.4, -0.2) is 26.4 Å². The van der Waals surface area contributed by atoms with Crippen LogP contribution < -0.4 is 10.1 Å². The van der Waals surface area contributed by atoms with E-state index in [2.05, 4.69) is 15.5 Å². The summed E-state index contributed by atoms with van der Waals surface area (Å²) in [7, 11) is 1.86. The summed E-state index contributed by atoms with van der Waals surface area (Å²) < 4.78 is 7.66. The molecule has 0 unspecified atom stereocenters. The summed E-state index contributed by atoms with van der Waals surface area (Å²) in [6.45, 7) is 6.28. The van der Waals surface area contributed by atoms with Crippen molar-refractivity contribution in [1.82, 2.24) is 14.8 Å². The molecule has 0 bridgehead atoms. The van der Waals surface area contributed by atoms with Crippen molar-refractivity contribution < 1.29 is 9.53 Å². The number of hydrogen-bond acceptors (Lipinski definition) is 5. The SMILES string of the molecule is Cc1ccc(NC(=O)CSc2nnc(COc3ccc(Cl)cc3C)n2C)cc1C. The van der Waals surface area contributed by atoms with Gasteiger partial charge in [-0.15, -0.1) is 10.2 Å². The number of thioether (sulfide) groups is 1. The number of amides is 1. The predicted molar refractivity (Wildman–Crippen MR) is 117 cm³/mol. The molecule has 0 radical (unpaired) electrons. The number of hydrogen-bond donors (Lipinski definition) is 1. The summed E-state index contributed by atoms with van der Waals surface area (Å²) in [6.07, 6.45) is 0. The van der Waals surface area contributed by atoms with E-state index < -0.39 is 0 Å². The first kappa shape index (κ1) is 21.2. The molecule has 6 nitrogen and oxygen atoms in total. The van der Waals surface area contributed by atoms with Crippen LogP contribution in [0.25, 0.3) is 0 Å². The Bertz CT molecular complexity index is 1040. The molecule has 2 aromatic carbocycles. The van der Waals surface area contributed by atoms with Crippen LogP contribution in [0, 0.1) is 20.8 Å². The standard InChI is InChI=1S/C21H23ClN4O2S/c1-13-5-7-17(10-14(13)2)23-20(27)12-29-21-25-24-19(26(21)4)11-28-18-8-6-16(22)9-15(18)3/h5-10H,11-12H2,1-4H3,(H,23,27). The van der Waals surface area contributed by atoms with Crippen LogP contribution in [0.15, 0.2) is 41.6 Å². The van der Waals surface area contributed by atoms with Crippen molar-refractivity contribution in [1.29, 1.82) is 0 Å². The van der Waals surface area contributed by atoms with Gasteiger partial charge in [0, 0.05) is 17.8 Å². The van der Waals surface area contributed by atoms with Gasteiger partial charge in [-0.3, -0.25) is 4.79 Å². The molecule has 0 fully saturated rings. The van der Waals surface area contributed by atoms with Gasteiger partial charge in [0.1, 0.15) is 12.4 Å². The molecule has 1 aromatic heterocycles. The number of ether oxygens (including phenoxy) is 1. The minimum Gasteiger partial charge on any atom is -0.485 e. The number of carbonyl (C=O) groups is 1. The van der Waals surface area contributed by atoms with E-state index in [9.17, 15) is 4.79 Å². The highest BCUT2D eigenvalue weighted by Crippen LogP contribution is 2.23. The first-order valence-corrected chi connectivity index (χ1v) is 10.5. The lowest BCUT2D eigenvalue weighted by atomic mass is 10.1. The lowest BCUT2D eigenvalue weighted by molar-refractivity contribution is -0.113. The normalized spacial score (nSPS) is 10.8. The molecule has 3 rings (SSSR count). The lowest BCUT2D eigenvalue weighted by Gasteiger charge is -2.09. The molecule has 1 N–H and O–H groups in total. The molecule has 0 saturated heterocycles. The maximum Gasteiger partial charge on any atom is 0.234 e. The maximum atomic E-state index is 12.3. The first-order chi connectivity index (χ1) is 13.8. The Balaban J connectivity index is 1.55. The van der Waals surface area contributed by atoms with E-state index in [4.69, 9.17) is 16.3 Å². The first-order valence-electron chi connectivity index (χ1n) is 9.10. The Morgan fingerprint density at radius 3 is 2.62 bits per heavy atom. The molecule has 1 amide bonds. The third kappa shape index (κ3) is 5.52. The molecular weight excluding hydrogens is 408 g/mol. The minimum atomic E-state index is -0.0872. The number of nitrogens with zero attached hydrogens (tertiary/aromatic N) is 3. The average molecular weight is 431 g/mol. The molecule has 1 heterocycles. The summed E-state index contributed by atoms with van der Waals surface area (Å²) in [4.78, 5) is 12.3. The Morgan fingerprint density at radius 1 is 1.10 bits per heavy atom. The van der Waals surface area contributed by atoms with Gasteiger partial charge in [-0.1, -0.05) is 29.4 Å². The third-order valence-electron chi connectivity index (χ3n) is 4.54. The number of carbonyl (C=O) groups excluding carboxylic acids is 1. The van der Waals surface area contributed by atoms with Gasteiger partial charge >= 0.3 is 0 Å². The second-order valence-electron chi connectivity index (χ2n) is 6.79. The van der Waals surface area contributed by atoms with Crippen LogP contribution in [0.3, 0.4) is 0 Å². The van der Waals surface area contributed by atoms with Gasteiger partial charge in [0.25, 0.3) is 0 Å². The zero-order valence-corrected chi connectivity index (χ0v) is 18.4. The van der Waals surface area contributed by atoms with Gasteiger partial charge in [-0.05, 0) is 67.8 Å². The highest BCUT2D eigenvalue weighted by molar-refractivity contribution is 7.99. The van der Waals surface area contributed by atoms with E-state index in [0.717, 1.165) is 22.6 Å². The molecular formula is C21H23ClN4O2S. The zero-order chi connectivity index (χ0) is 21.0. The Labute approximate surface area is 179 Å². The summed E-state index contributed by atoms with van der Waals surface area (Å²) in [5.41, 5.74) is 4.09. The van der Waals surface area contributed by atoms with Gasteiger partial charge in [-0.25, -0.2) is 0 Å². The van der Waals surface area contributed by atoms with Gasteiger partial charge in [0.15, 0.2) is 11.0 Å². The molecule has 0 saturated carbocycles. The minimum absolute atomic E-state index is 0.0872. The monoisotopic (exact) mass is 430 g/mol. The molecule has 152 valence electrons. The fourth-order valence-corrected chi connectivity index (χ4v) is 3.62. The van der Waals surface area contributed by atoms with E-state index in [1.54, 1.807) is 6.07 Å². The summed E-state index contributed by atoms with van der Waals surface area (Å²) in [5.74, 6) is 1.59. The summed E-state index contributed by atoms with van der Waals surface area (Å²) >= 11 is 7.30. The predicted octanol–water partition coefficient (Wildman–Crippen LogP) is 4.70. The third-order valence-corrected chi connectivity index (χ3v) is 5.80. The molecule has 3 aromatic rings. The molecule has 0 aliphatic heterocycles. The molecule has 0 aliphatic rings. The van der Waals surface area contributed by atoms with Crippen molar-refractivity contribution in [3.8, 4) is 5.75 Å². The van der Waals surface area contributed by atoms with E-state index in [1.165, 1.54) is 17.3 Å². The van der Waals surface area contributed by atoms with Gasteiger partial charge in [0.2, 0.25) is 5.91 Å². The topological polar surface area (TPSA) is 69.0 Å². The Kier molecular flexibility index (Phi) is 6.82. The van der Waals surface area contributed by atoms with Gasteiger partial charge in [0.05, 0.1) is 5.75 Å². The van der Waals surface area contributed by atoms with Crippen LogP contribution in [0.1, 0.15) is 22.5 Å². The van der Waals surface area contributed by atoms with Crippen LogP contribution in [-0.2, 0) is 18.4 Å². The number of halogens is 1. The Morgan fingerprint density at radius 2 is 1.90 bits per heavy atom. The number of aromatic nitrogens is 3. The van der Waals surface area contributed by atoms with Crippen LogP contribution in [0.5, 0.6) is 5.75 Å². The number of rotatable bonds is 7. The van der Waals surface area contributed by atoms with Crippen molar-refractivity contribution in [3.63, 3.8) is 0 Å². The fraction of sp³-hybridized carbons (Fsp3) is 0.286. The maximum absolute atomic E-state index is 12.3. The molecule has 0 atom stereocenters. The number of aryl methyl sites for hydroxylation is 3. The molecule has 8 heteroatoms. The Hall–Kier alpha value is -2.51. The van der Waals surface area contributed by atoms with E-state index >= 15 is 0 Å². The average Bonchev–Trinajstić information content (AvgIpc) is 3.02. The van der Waals surface area contributed by atoms with Crippen molar-refractivity contribution in [2.45, 2.75) is 32.5 Å².